The Kier molecular flexibility index (Phi) is 2.91. The van der Waals surface area contributed by atoms with Crippen LogP contribution in [0.3, 0.4) is 0 Å². The van der Waals surface area contributed by atoms with Gasteiger partial charge in [0.05, 0.1) is 12.1 Å². The monoisotopic (exact) mass is 198 g/mol. The number of urea groups is 1. The van der Waals surface area contributed by atoms with Crippen molar-refractivity contribution in [2.75, 3.05) is 6.61 Å². The van der Waals surface area contributed by atoms with Gasteiger partial charge in [-0.05, 0) is 32.6 Å². The molecule has 1 saturated carbocycles. The zero-order valence-corrected chi connectivity index (χ0v) is 8.58. The highest BCUT2D eigenvalue weighted by Crippen LogP contribution is 2.19. The smallest absolute Gasteiger partial charge is 0.315 e. The molecular formula is C10H18N2O2. The van der Waals surface area contributed by atoms with Crippen LogP contribution in [0.15, 0.2) is 0 Å². The molecule has 4 heteroatoms. The quantitative estimate of drug-likeness (QED) is 0.711. The van der Waals surface area contributed by atoms with Crippen LogP contribution in [0, 0.1) is 0 Å². The Balaban J connectivity index is 1.69. The lowest BCUT2D eigenvalue weighted by atomic mass is 10.1. The molecule has 2 aliphatic rings. The first-order chi connectivity index (χ1) is 6.75. The average Bonchev–Trinajstić information content (AvgIpc) is 2.80. The highest BCUT2D eigenvalue weighted by atomic mass is 16.5. The van der Waals surface area contributed by atoms with Gasteiger partial charge in [-0.2, -0.15) is 0 Å². The Bertz CT molecular complexity index is 210. The molecule has 0 unspecified atom stereocenters. The lowest BCUT2D eigenvalue weighted by molar-refractivity contribution is 0.0860. The van der Waals surface area contributed by atoms with Crippen molar-refractivity contribution < 1.29 is 9.53 Å². The zero-order chi connectivity index (χ0) is 9.97. The van der Waals surface area contributed by atoms with Crippen LogP contribution in [0.4, 0.5) is 4.79 Å². The molecule has 2 N–H and O–H groups in total. The van der Waals surface area contributed by atoms with Crippen LogP contribution >= 0.6 is 0 Å². The van der Waals surface area contributed by atoms with E-state index in [1.807, 2.05) is 6.92 Å². The van der Waals surface area contributed by atoms with E-state index < -0.39 is 0 Å². The van der Waals surface area contributed by atoms with E-state index in [4.69, 9.17) is 4.74 Å². The lowest BCUT2D eigenvalue weighted by Crippen LogP contribution is -2.46. The van der Waals surface area contributed by atoms with Crippen molar-refractivity contribution in [3.63, 3.8) is 0 Å². The summed E-state index contributed by atoms with van der Waals surface area (Å²) in [6.07, 6.45) is 4.63. The normalized spacial score (nSPS) is 28.5. The van der Waals surface area contributed by atoms with Crippen LogP contribution in [0.1, 0.15) is 32.6 Å². The van der Waals surface area contributed by atoms with E-state index in [0.29, 0.717) is 6.04 Å². The van der Waals surface area contributed by atoms with Crippen LogP contribution in [-0.2, 0) is 4.74 Å². The van der Waals surface area contributed by atoms with E-state index in [0.717, 1.165) is 32.3 Å². The molecule has 2 amide bonds. The topological polar surface area (TPSA) is 50.4 Å². The molecule has 4 nitrogen and oxygen atoms in total. The summed E-state index contributed by atoms with van der Waals surface area (Å²) in [4.78, 5) is 11.4. The van der Waals surface area contributed by atoms with Gasteiger partial charge in [-0.3, -0.25) is 0 Å². The second kappa shape index (κ2) is 4.17. The first-order valence-corrected chi connectivity index (χ1v) is 5.44. The summed E-state index contributed by atoms with van der Waals surface area (Å²) in [5.74, 6) is 0. The fraction of sp³-hybridized carbons (Fsp3) is 0.900. The maximum atomic E-state index is 11.4. The number of carbonyl (C=O) groups excluding carboxylic acids is 1. The number of hydrogen-bond donors (Lipinski definition) is 2. The van der Waals surface area contributed by atoms with E-state index in [1.54, 1.807) is 0 Å². The largest absolute Gasteiger partial charge is 0.376 e. The van der Waals surface area contributed by atoms with Crippen molar-refractivity contribution in [2.24, 2.45) is 0 Å². The Hall–Kier alpha value is -0.770. The fourth-order valence-corrected chi connectivity index (χ4v) is 1.75. The Morgan fingerprint density at radius 3 is 2.79 bits per heavy atom. The molecule has 0 radical (unpaired) electrons. The van der Waals surface area contributed by atoms with Crippen LogP contribution in [0.25, 0.3) is 0 Å². The van der Waals surface area contributed by atoms with Crippen molar-refractivity contribution in [3.05, 3.63) is 0 Å². The molecule has 0 spiro atoms. The van der Waals surface area contributed by atoms with Crippen molar-refractivity contribution in [1.29, 1.82) is 0 Å². The molecule has 0 bridgehead atoms. The molecule has 2 atom stereocenters. The minimum absolute atomic E-state index is 0.0458. The minimum atomic E-state index is -0.0458. The Morgan fingerprint density at radius 1 is 1.43 bits per heavy atom. The predicted molar refractivity (Wildman–Crippen MR) is 53.1 cm³/mol. The third-order valence-corrected chi connectivity index (χ3v) is 2.79. The second-order valence-corrected chi connectivity index (χ2v) is 4.23. The van der Waals surface area contributed by atoms with E-state index >= 15 is 0 Å². The van der Waals surface area contributed by atoms with Gasteiger partial charge in [-0.1, -0.05) is 0 Å². The van der Waals surface area contributed by atoms with E-state index in [2.05, 4.69) is 10.6 Å². The maximum absolute atomic E-state index is 11.4. The van der Waals surface area contributed by atoms with Gasteiger partial charge in [0.25, 0.3) is 0 Å². The number of carbonyl (C=O) groups is 1. The standard InChI is InChI=1S/C10H18N2O2/c1-7(9-3-2-6-14-9)11-10(13)12-8-4-5-8/h7-9H,2-6H2,1H3,(H2,11,12,13)/t7-,9-/m1/s1. The molecule has 1 aliphatic carbocycles. The van der Waals surface area contributed by atoms with Gasteiger partial charge in [-0.15, -0.1) is 0 Å². The van der Waals surface area contributed by atoms with Crippen molar-refractivity contribution in [1.82, 2.24) is 10.6 Å². The minimum Gasteiger partial charge on any atom is -0.376 e. The molecule has 1 heterocycles. The van der Waals surface area contributed by atoms with Crippen LogP contribution in [0.2, 0.25) is 0 Å². The number of ether oxygens (including phenoxy) is 1. The number of rotatable bonds is 3. The van der Waals surface area contributed by atoms with E-state index in [-0.39, 0.29) is 18.2 Å². The maximum Gasteiger partial charge on any atom is 0.315 e. The second-order valence-electron chi connectivity index (χ2n) is 4.23. The van der Waals surface area contributed by atoms with Crippen LogP contribution < -0.4 is 10.6 Å². The fourth-order valence-electron chi connectivity index (χ4n) is 1.75. The summed E-state index contributed by atoms with van der Waals surface area (Å²) in [7, 11) is 0. The first-order valence-electron chi connectivity index (χ1n) is 5.44. The Morgan fingerprint density at radius 2 is 2.21 bits per heavy atom. The third kappa shape index (κ3) is 2.61. The molecule has 1 aliphatic heterocycles. The summed E-state index contributed by atoms with van der Waals surface area (Å²) in [5, 5.41) is 5.82. The summed E-state index contributed by atoms with van der Waals surface area (Å²) < 4.78 is 5.49. The number of amides is 2. The van der Waals surface area contributed by atoms with Crippen molar-refractivity contribution in [3.8, 4) is 0 Å². The van der Waals surface area contributed by atoms with Crippen LogP contribution in [0.5, 0.6) is 0 Å². The zero-order valence-electron chi connectivity index (χ0n) is 8.58. The van der Waals surface area contributed by atoms with E-state index in [9.17, 15) is 4.79 Å². The van der Waals surface area contributed by atoms with Gasteiger partial charge in [0.15, 0.2) is 0 Å². The number of hydrogen-bond acceptors (Lipinski definition) is 2. The summed E-state index contributed by atoms with van der Waals surface area (Å²) in [6.45, 7) is 2.84. The van der Waals surface area contributed by atoms with Gasteiger partial charge < -0.3 is 15.4 Å². The number of nitrogens with one attached hydrogen (secondary N) is 2. The molecule has 0 aromatic rings. The lowest BCUT2D eigenvalue weighted by Gasteiger charge is -2.20. The predicted octanol–water partition coefficient (Wildman–Crippen LogP) is 1.02. The molecule has 14 heavy (non-hydrogen) atoms. The average molecular weight is 198 g/mol. The molecule has 0 aromatic heterocycles. The van der Waals surface area contributed by atoms with Crippen molar-refractivity contribution >= 4 is 6.03 Å². The summed E-state index contributed by atoms with van der Waals surface area (Å²) in [5.41, 5.74) is 0. The molecule has 1 saturated heterocycles. The molecule has 2 fully saturated rings. The van der Waals surface area contributed by atoms with Crippen molar-refractivity contribution in [2.45, 2.75) is 50.8 Å². The molecule has 0 aromatic carbocycles. The molecule has 2 rings (SSSR count). The highest BCUT2D eigenvalue weighted by molar-refractivity contribution is 5.74. The first kappa shape index (κ1) is 9.77. The van der Waals surface area contributed by atoms with Crippen LogP contribution in [-0.4, -0.2) is 30.8 Å². The van der Waals surface area contributed by atoms with E-state index in [1.165, 1.54) is 0 Å². The van der Waals surface area contributed by atoms with Gasteiger partial charge in [-0.25, -0.2) is 4.79 Å². The van der Waals surface area contributed by atoms with Gasteiger partial charge >= 0.3 is 6.03 Å². The molecule has 80 valence electrons. The molecular weight excluding hydrogens is 180 g/mol. The summed E-state index contributed by atoms with van der Waals surface area (Å²) in [6, 6.07) is 0.499. The SMILES string of the molecule is C[C@@H](NC(=O)NC1CC1)[C@H]1CCCO1. The Labute approximate surface area is 84.4 Å². The van der Waals surface area contributed by atoms with Gasteiger partial charge in [0, 0.05) is 12.6 Å². The van der Waals surface area contributed by atoms with Gasteiger partial charge in [0.2, 0.25) is 0 Å². The van der Waals surface area contributed by atoms with Gasteiger partial charge in [0.1, 0.15) is 0 Å². The highest BCUT2D eigenvalue weighted by Gasteiger charge is 2.26. The third-order valence-electron chi connectivity index (χ3n) is 2.79. The summed E-state index contributed by atoms with van der Waals surface area (Å²) >= 11 is 0.